The zero-order valence-electron chi connectivity index (χ0n) is 24.9. The largest absolute Gasteiger partial charge is 0.416 e. The molecule has 4 aliphatic rings. The fraction of sp³-hybridized carbons (Fsp3) is 0.500. The molecule has 45 heavy (non-hydrogen) atoms. The van der Waals surface area contributed by atoms with Gasteiger partial charge in [-0.15, -0.1) is 0 Å². The highest BCUT2D eigenvalue weighted by molar-refractivity contribution is 7.89. The number of amides is 2. The minimum absolute atomic E-state index is 0.145. The minimum Gasteiger partial charge on any atom is -0.319 e. The van der Waals surface area contributed by atoms with Crippen molar-refractivity contribution in [1.82, 2.24) is 14.1 Å². The fourth-order valence-electron chi connectivity index (χ4n) is 6.47. The molecule has 2 fully saturated rings. The van der Waals surface area contributed by atoms with Gasteiger partial charge in [0.15, 0.2) is 0 Å². The highest BCUT2D eigenvalue weighted by Crippen LogP contribution is 2.59. The number of benzene rings is 2. The van der Waals surface area contributed by atoms with Crippen molar-refractivity contribution in [3.8, 4) is 0 Å². The number of sulfonamides is 1. The van der Waals surface area contributed by atoms with Crippen LogP contribution in [0.3, 0.4) is 0 Å². The first-order valence-electron chi connectivity index (χ1n) is 14.7. The lowest BCUT2D eigenvalue weighted by atomic mass is 9.49. The molecule has 2 aromatic carbocycles. The van der Waals surface area contributed by atoms with Crippen LogP contribution in [0, 0.1) is 27.4 Å². The van der Waals surface area contributed by atoms with Gasteiger partial charge in [-0.05, 0) is 66.5 Å². The van der Waals surface area contributed by atoms with E-state index in [0.717, 1.165) is 31.0 Å². The second-order valence-corrected chi connectivity index (χ2v) is 14.7. The number of carbonyl (C=O) groups is 1. The van der Waals surface area contributed by atoms with E-state index in [4.69, 9.17) is 11.6 Å². The predicted octanol–water partition coefficient (Wildman–Crippen LogP) is 6.10. The molecular formula is C30H35ClF3N5O5S. The summed E-state index contributed by atoms with van der Waals surface area (Å²) in [5.74, 6) is 0.974. The number of halogens is 4. The van der Waals surface area contributed by atoms with Crippen molar-refractivity contribution in [3.05, 3.63) is 74.8 Å². The molecule has 2 aromatic rings. The Hall–Kier alpha value is -3.20. The number of urea groups is 1. The van der Waals surface area contributed by atoms with E-state index in [1.165, 1.54) is 34.1 Å². The van der Waals surface area contributed by atoms with Gasteiger partial charge < -0.3 is 10.2 Å². The number of nitrogens with one attached hydrogen (secondary N) is 1. The molecule has 1 N–H and O–H groups in total. The van der Waals surface area contributed by atoms with E-state index in [9.17, 15) is 36.5 Å². The van der Waals surface area contributed by atoms with E-state index in [0.29, 0.717) is 44.6 Å². The summed E-state index contributed by atoms with van der Waals surface area (Å²) in [5.41, 5.74) is 0.284. The summed E-state index contributed by atoms with van der Waals surface area (Å²) in [6, 6.07) is 7.28. The van der Waals surface area contributed by atoms with Crippen molar-refractivity contribution in [2.24, 2.45) is 17.3 Å². The van der Waals surface area contributed by atoms with Crippen LogP contribution >= 0.6 is 11.6 Å². The van der Waals surface area contributed by atoms with Crippen LogP contribution in [-0.2, 0) is 16.2 Å². The number of carbonyl (C=O) groups excluding carboxylic acids is 1. The molecule has 0 aromatic heterocycles. The first kappa shape index (κ1) is 33.2. The minimum atomic E-state index is -4.48. The number of rotatable bonds is 9. The number of piperazine rings is 1. The van der Waals surface area contributed by atoms with Crippen LogP contribution in [0.1, 0.15) is 32.3 Å². The van der Waals surface area contributed by atoms with Gasteiger partial charge in [0.05, 0.1) is 15.4 Å². The van der Waals surface area contributed by atoms with Crippen LogP contribution < -0.4 is 5.32 Å². The Kier molecular flexibility index (Phi) is 9.24. The monoisotopic (exact) mass is 669 g/mol. The molecule has 3 aliphatic carbocycles. The SMILES string of the molecule is CC1(C)C2CC=C(CN(CCN3CCN(S(=O)(=O)c4ccc(Cl)c([N+](=O)[O-])c4)CC3)C(=O)Nc3ccc(C(F)(F)F)cc3)C1C2. The number of alkyl halides is 3. The number of fused-ring (bicyclic) bond motifs is 1. The summed E-state index contributed by atoms with van der Waals surface area (Å²) in [4.78, 5) is 27.5. The Morgan fingerprint density at radius 3 is 2.38 bits per heavy atom. The molecule has 0 radical (unpaired) electrons. The highest BCUT2D eigenvalue weighted by atomic mass is 35.5. The average Bonchev–Trinajstić information content (AvgIpc) is 2.99. The third kappa shape index (κ3) is 6.98. The van der Waals surface area contributed by atoms with E-state index in [1.807, 2.05) is 4.90 Å². The normalized spacial score (nSPS) is 21.9. The van der Waals surface area contributed by atoms with E-state index in [2.05, 4.69) is 25.2 Å². The lowest BCUT2D eigenvalue weighted by Crippen LogP contribution is -2.52. The first-order chi connectivity index (χ1) is 21.1. The number of allylic oxidation sites excluding steroid dienone is 1. The van der Waals surface area contributed by atoms with E-state index < -0.39 is 38.4 Å². The maximum absolute atomic E-state index is 13.5. The van der Waals surface area contributed by atoms with E-state index >= 15 is 0 Å². The topological polar surface area (TPSA) is 116 Å². The quantitative estimate of drug-likeness (QED) is 0.196. The molecule has 1 saturated heterocycles. The highest BCUT2D eigenvalue weighted by Gasteiger charge is 2.51. The van der Waals surface area contributed by atoms with Crippen molar-refractivity contribution in [2.75, 3.05) is 51.1 Å². The van der Waals surface area contributed by atoms with Crippen molar-refractivity contribution in [1.29, 1.82) is 0 Å². The molecule has 6 rings (SSSR count). The Labute approximate surface area is 265 Å². The Morgan fingerprint density at radius 2 is 1.80 bits per heavy atom. The summed E-state index contributed by atoms with van der Waals surface area (Å²) in [6.07, 6.45) is -0.264. The van der Waals surface area contributed by atoms with E-state index in [-0.39, 0.29) is 34.1 Å². The maximum Gasteiger partial charge on any atom is 0.416 e. The zero-order valence-corrected chi connectivity index (χ0v) is 26.5. The van der Waals surface area contributed by atoms with Crippen LogP contribution in [0.5, 0.6) is 0 Å². The predicted molar refractivity (Wildman–Crippen MR) is 163 cm³/mol. The molecule has 1 heterocycles. The third-order valence-electron chi connectivity index (χ3n) is 9.48. The smallest absolute Gasteiger partial charge is 0.319 e. The molecule has 0 spiro atoms. The van der Waals surface area contributed by atoms with Gasteiger partial charge in [-0.25, -0.2) is 13.2 Å². The van der Waals surface area contributed by atoms with Crippen LogP contribution in [0.4, 0.5) is 29.3 Å². The number of nitro groups is 1. The number of anilines is 1. The first-order valence-corrected chi connectivity index (χ1v) is 16.5. The standard InChI is InChI=1S/C30H35ClF3N5O5S/c1-29(2)22-4-3-20(25(29)17-22)19-37(28(40)35-23-7-5-21(6-8-23)30(32,33)34)14-11-36-12-15-38(16-13-36)45(43,44)24-9-10-26(31)27(18-24)39(41)42/h3,5-10,18,22,25H,4,11-17,19H2,1-2H3,(H,35,40). The molecule has 2 unspecified atom stereocenters. The van der Waals surface area contributed by atoms with Gasteiger partial charge in [0.2, 0.25) is 10.0 Å². The van der Waals surface area contributed by atoms with Crippen LogP contribution in [0.2, 0.25) is 5.02 Å². The third-order valence-corrected chi connectivity index (χ3v) is 11.7. The zero-order chi connectivity index (χ0) is 32.7. The number of hydrogen-bond acceptors (Lipinski definition) is 6. The summed E-state index contributed by atoms with van der Waals surface area (Å²) < 4.78 is 66.7. The fourth-order valence-corrected chi connectivity index (χ4v) is 8.10. The molecule has 10 nitrogen and oxygen atoms in total. The van der Waals surface area contributed by atoms with Gasteiger partial charge in [-0.1, -0.05) is 37.1 Å². The van der Waals surface area contributed by atoms with Gasteiger partial charge >= 0.3 is 12.2 Å². The molecule has 244 valence electrons. The second-order valence-electron chi connectivity index (χ2n) is 12.4. The van der Waals surface area contributed by atoms with Gasteiger partial charge in [0.1, 0.15) is 5.02 Å². The van der Waals surface area contributed by atoms with Gasteiger partial charge in [0.25, 0.3) is 5.69 Å². The van der Waals surface area contributed by atoms with Crippen LogP contribution in [-0.4, -0.2) is 79.3 Å². The van der Waals surface area contributed by atoms with Crippen molar-refractivity contribution in [3.63, 3.8) is 0 Å². The molecular weight excluding hydrogens is 635 g/mol. The Bertz CT molecular complexity index is 1590. The molecule has 1 saturated carbocycles. The average molecular weight is 670 g/mol. The number of nitrogens with zero attached hydrogens (tertiary/aromatic N) is 4. The molecule has 1 aliphatic heterocycles. The van der Waals surface area contributed by atoms with Crippen molar-refractivity contribution < 1.29 is 31.3 Å². The molecule has 15 heteroatoms. The van der Waals surface area contributed by atoms with Crippen molar-refractivity contribution >= 4 is 39.0 Å². The summed E-state index contributed by atoms with van der Waals surface area (Å²) >= 11 is 5.85. The maximum atomic E-state index is 13.5. The van der Waals surface area contributed by atoms with Crippen LogP contribution in [0.15, 0.2) is 59.0 Å². The summed E-state index contributed by atoms with van der Waals surface area (Å²) in [7, 11) is -3.99. The molecule has 2 atom stereocenters. The second kappa shape index (κ2) is 12.5. The van der Waals surface area contributed by atoms with Crippen molar-refractivity contribution in [2.45, 2.75) is 37.8 Å². The lowest BCUT2D eigenvalue weighted by molar-refractivity contribution is -0.384. The Morgan fingerprint density at radius 1 is 1.13 bits per heavy atom. The summed E-state index contributed by atoms with van der Waals surface area (Å²) in [6.45, 7) is 6.69. The number of nitro benzene ring substituents is 1. The Balaban J connectivity index is 1.23. The van der Waals surface area contributed by atoms with Gasteiger partial charge in [0, 0.05) is 57.6 Å². The summed E-state index contributed by atoms with van der Waals surface area (Å²) in [5, 5.41) is 13.8. The van der Waals surface area contributed by atoms with Gasteiger partial charge in [-0.3, -0.25) is 15.0 Å². The van der Waals surface area contributed by atoms with Crippen LogP contribution in [0.25, 0.3) is 0 Å². The lowest BCUT2D eigenvalue weighted by Gasteiger charge is -2.57. The van der Waals surface area contributed by atoms with E-state index in [1.54, 1.807) is 4.90 Å². The molecule has 2 bridgehead atoms. The van der Waals surface area contributed by atoms with Gasteiger partial charge in [-0.2, -0.15) is 17.5 Å². The molecule has 2 amide bonds. The number of hydrogen-bond donors (Lipinski definition) is 1.